The molecule has 0 saturated heterocycles. The van der Waals surface area contributed by atoms with Gasteiger partial charge in [-0.05, 0) is 24.6 Å². The number of hydrogen-bond acceptors (Lipinski definition) is 5. The number of benzene rings is 1. The summed E-state index contributed by atoms with van der Waals surface area (Å²) in [4.78, 5) is 0.209. The van der Waals surface area contributed by atoms with E-state index in [1.165, 1.54) is 12.1 Å². The molecule has 0 aliphatic heterocycles. The first-order chi connectivity index (χ1) is 8.30. The van der Waals surface area contributed by atoms with E-state index in [0.717, 1.165) is 12.7 Å². The fourth-order valence-electron chi connectivity index (χ4n) is 1.43. The molecule has 0 bridgehead atoms. The Hall–Kier alpha value is -1.08. The molecule has 0 aliphatic rings. The van der Waals surface area contributed by atoms with E-state index < -0.39 is 20.6 Å². The van der Waals surface area contributed by atoms with E-state index in [-0.39, 0.29) is 4.90 Å². The lowest BCUT2D eigenvalue weighted by molar-refractivity contribution is 0.602. The zero-order valence-electron chi connectivity index (χ0n) is 10.5. The van der Waals surface area contributed by atoms with Crippen molar-refractivity contribution in [1.29, 1.82) is 0 Å². The molecule has 1 atom stereocenters. The third-order valence-electron chi connectivity index (χ3n) is 2.38. The predicted molar refractivity (Wildman–Crippen MR) is 76.0 cm³/mol. The number of nitrogens with one attached hydrogen (secondary N) is 1. The Morgan fingerprint density at radius 2 is 2.06 bits per heavy atom. The van der Waals surface area contributed by atoms with Gasteiger partial charge in [0, 0.05) is 35.6 Å². The van der Waals surface area contributed by atoms with Crippen molar-refractivity contribution in [3.05, 3.63) is 18.2 Å². The van der Waals surface area contributed by atoms with E-state index in [9.17, 15) is 12.6 Å². The maximum absolute atomic E-state index is 11.3. The number of sulfone groups is 1. The summed E-state index contributed by atoms with van der Waals surface area (Å²) in [5, 5.41) is 3.09. The Kier molecular flexibility index (Phi) is 5.15. The largest absolute Gasteiger partial charge is 0.397 e. The smallest absolute Gasteiger partial charge is 0.175 e. The van der Waals surface area contributed by atoms with Gasteiger partial charge < -0.3 is 11.1 Å². The molecule has 102 valence electrons. The highest BCUT2D eigenvalue weighted by Gasteiger charge is 2.09. The lowest BCUT2D eigenvalue weighted by atomic mass is 10.2. The molecule has 18 heavy (non-hydrogen) atoms. The average molecular weight is 290 g/mol. The Labute approximate surface area is 110 Å². The number of rotatable bonds is 6. The molecular formula is C11H18N2O3S2. The number of nitrogens with two attached hydrogens (primary N) is 1. The van der Waals surface area contributed by atoms with Crippen LogP contribution >= 0.6 is 0 Å². The molecule has 7 heteroatoms. The third kappa shape index (κ3) is 4.66. The second kappa shape index (κ2) is 6.19. The Morgan fingerprint density at radius 3 is 2.56 bits per heavy atom. The van der Waals surface area contributed by atoms with E-state index in [1.54, 1.807) is 12.3 Å². The van der Waals surface area contributed by atoms with Gasteiger partial charge in [0.05, 0.1) is 16.3 Å². The van der Waals surface area contributed by atoms with Crippen LogP contribution in [0.3, 0.4) is 0 Å². The quantitative estimate of drug-likeness (QED) is 0.599. The average Bonchev–Trinajstić information content (AvgIpc) is 2.24. The molecule has 1 rings (SSSR count). The molecule has 1 aromatic rings. The molecule has 3 N–H and O–H groups in total. The normalized spacial score (nSPS) is 13.2. The van der Waals surface area contributed by atoms with Gasteiger partial charge >= 0.3 is 0 Å². The second-order valence-corrected chi connectivity index (χ2v) is 7.65. The minimum atomic E-state index is -3.23. The van der Waals surface area contributed by atoms with E-state index in [0.29, 0.717) is 23.7 Å². The maximum Gasteiger partial charge on any atom is 0.175 e. The highest BCUT2D eigenvalue weighted by molar-refractivity contribution is 7.90. The van der Waals surface area contributed by atoms with Gasteiger partial charge in [-0.2, -0.15) is 0 Å². The predicted octanol–water partition coefficient (Wildman–Crippen LogP) is 0.853. The Balaban J connectivity index is 2.66. The molecule has 0 radical (unpaired) electrons. The van der Waals surface area contributed by atoms with Crippen LogP contribution in [0, 0.1) is 0 Å². The number of nitrogen functional groups attached to an aromatic ring is 1. The molecular weight excluding hydrogens is 272 g/mol. The van der Waals surface area contributed by atoms with E-state index in [4.69, 9.17) is 5.73 Å². The molecule has 0 heterocycles. The van der Waals surface area contributed by atoms with E-state index in [1.807, 2.05) is 0 Å². The maximum atomic E-state index is 11.3. The molecule has 0 amide bonds. The summed E-state index contributed by atoms with van der Waals surface area (Å²) in [7, 11) is -4.02. The summed E-state index contributed by atoms with van der Waals surface area (Å²) in [6, 6.07) is 4.61. The first kappa shape index (κ1) is 15.0. The molecule has 0 aliphatic carbocycles. The first-order valence-corrected chi connectivity index (χ1v) is 9.06. The van der Waals surface area contributed by atoms with E-state index >= 15 is 0 Å². The molecule has 0 fully saturated rings. The molecule has 1 unspecified atom stereocenters. The fraction of sp³-hybridized carbons (Fsp3) is 0.455. The summed E-state index contributed by atoms with van der Waals surface area (Å²) >= 11 is 0. The lowest BCUT2D eigenvalue weighted by Gasteiger charge is -2.10. The van der Waals surface area contributed by atoms with Gasteiger partial charge in [-0.3, -0.25) is 4.21 Å². The summed E-state index contributed by atoms with van der Waals surface area (Å²) in [6.45, 7) is 0.655. The minimum absolute atomic E-state index is 0.209. The van der Waals surface area contributed by atoms with Crippen LogP contribution in [0.4, 0.5) is 11.4 Å². The van der Waals surface area contributed by atoms with Crippen molar-refractivity contribution in [3.8, 4) is 0 Å². The van der Waals surface area contributed by atoms with Crippen LogP contribution in [0.2, 0.25) is 0 Å². The van der Waals surface area contributed by atoms with Gasteiger partial charge in [0.15, 0.2) is 9.84 Å². The second-order valence-electron chi connectivity index (χ2n) is 4.08. The highest BCUT2D eigenvalue weighted by Crippen LogP contribution is 2.22. The molecule has 1 aromatic carbocycles. The molecule has 0 saturated carbocycles. The summed E-state index contributed by atoms with van der Waals surface area (Å²) in [5.74, 6) is 0.633. The molecule has 0 aromatic heterocycles. The van der Waals surface area contributed by atoms with Crippen LogP contribution in [-0.2, 0) is 20.6 Å². The standard InChI is InChI=1S/C11H18N2O3S2/c1-17(14)7-3-6-13-11-5-4-9(8-10(11)12)18(2,15)16/h4-5,8,13H,3,6-7,12H2,1-2H3. The summed E-state index contributed by atoms with van der Waals surface area (Å²) in [5.41, 5.74) is 6.87. The number of hydrogen-bond donors (Lipinski definition) is 2. The summed E-state index contributed by atoms with van der Waals surface area (Å²) < 4.78 is 33.5. The van der Waals surface area contributed by atoms with E-state index in [2.05, 4.69) is 5.32 Å². The van der Waals surface area contributed by atoms with Crippen molar-refractivity contribution in [2.24, 2.45) is 0 Å². The van der Waals surface area contributed by atoms with Crippen LogP contribution in [0.25, 0.3) is 0 Å². The Morgan fingerprint density at radius 1 is 1.39 bits per heavy atom. The van der Waals surface area contributed by atoms with Crippen molar-refractivity contribution >= 4 is 32.0 Å². The van der Waals surface area contributed by atoms with Crippen molar-refractivity contribution < 1.29 is 12.6 Å². The van der Waals surface area contributed by atoms with Crippen LogP contribution in [-0.4, -0.2) is 37.4 Å². The monoisotopic (exact) mass is 290 g/mol. The van der Waals surface area contributed by atoms with Crippen molar-refractivity contribution in [1.82, 2.24) is 0 Å². The Bertz CT molecular complexity index is 541. The van der Waals surface area contributed by atoms with Gasteiger partial charge in [-0.15, -0.1) is 0 Å². The van der Waals surface area contributed by atoms with Gasteiger partial charge in [-0.1, -0.05) is 0 Å². The number of anilines is 2. The zero-order chi connectivity index (χ0) is 13.8. The molecule has 0 spiro atoms. The van der Waals surface area contributed by atoms with Crippen molar-refractivity contribution in [2.75, 3.05) is 35.9 Å². The van der Waals surface area contributed by atoms with Gasteiger partial charge in [0.25, 0.3) is 0 Å². The van der Waals surface area contributed by atoms with Gasteiger partial charge in [0.2, 0.25) is 0 Å². The fourth-order valence-corrected chi connectivity index (χ4v) is 2.64. The third-order valence-corrected chi connectivity index (χ3v) is 4.35. The topological polar surface area (TPSA) is 89.3 Å². The minimum Gasteiger partial charge on any atom is -0.397 e. The lowest BCUT2D eigenvalue weighted by Crippen LogP contribution is -2.08. The SMILES string of the molecule is CS(=O)CCCNc1ccc(S(C)(=O)=O)cc1N. The van der Waals surface area contributed by atoms with Gasteiger partial charge in [-0.25, -0.2) is 8.42 Å². The van der Waals surface area contributed by atoms with Crippen LogP contribution < -0.4 is 11.1 Å². The zero-order valence-corrected chi connectivity index (χ0v) is 12.1. The molecule has 5 nitrogen and oxygen atoms in total. The van der Waals surface area contributed by atoms with Crippen LogP contribution in [0.5, 0.6) is 0 Å². The highest BCUT2D eigenvalue weighted by atomic mass is 32.2. The first-order valence-electron chi connectivity index (χ1n) is 5.44. The van der Waals surface area contributed by atoms with Crippen molar-refractivity contribution in [3.63, 3.8) is 0 Å². The van der Waals surface area contributed by atoms with Crippen molar-refractivity contribution in [2.45, 2.75) is 11.3 Å². The van der Waals surface area contributed by atoms with Crippen LogP contribution in [0.15, 0.2) is 23.1 Å². The summed E-state index contributed by atoms with van der Waals surface area (Å²) in [6.07, 6.45) is 3.58. The van der Waals surface area contributed by atoms with Gasteiger partial charge in [0.1, 0.15) is 0 Å². The van der Waals surface area contributed by atoms with Crippen LogP contribution in [0.1, 0.15) is 6.42 Å².